The van der Waals surface area contributed by atoms with Gasteiger partial charge in [-0.2, -0.15) is 0 Å². The average molecular weight is 315 g/mol. The van der Waals surface area contributed by atoms with Gasteiger partial charge in [-0.15, -0.1) is 11.3 Å². The summed E-state index contributed by atoms with van der Waals surface area (Å²) < 4.78 is 0. The van der Waals surface area contributed by atoms with E-state index in [1.807, 2.05) is 4.90 Å². The summed E-state index contributed by atoms with van der Waals surface area (Å²) in [5.41, 5.74) is 9.71. The molecule has 5 heteroatoms. The summed E-state index contributed by atoms with van der Waals surface area (Å²) in [6, 6.07) is 6.45. The number of hydrogen-bond donors (Lipinski definition) is 1. The molecule has 0 unspecified atom stereocenters. The van der Waals surface area contributed by atoms with Crippen molar-refractivity contribution in [3.05, 3.63) is 45.4 Å². The van der Waals surface area contributed by atoms with Crippen molar-refractivity contribution in [1.29, 1.82) is 0 Å². The van der Waals surface area contributed by atoms with Crippen LogP contribution in [0.4, 0.5) is 5.69 Å². The summed E-state index contributed by atoms with van der Waals surface area (Å²) in [5.74, 6) is 0.483. The highest BCUT2D eigenvalue weighted by Gasteiger charge is 2.25. The summed E-state index contributed by atoms with van der Waals surface area (Å²) in [5, 5.41) is 2.61. The van der Waals surface area contributed by atoms with Gasteiger partial charge >= 0.3 is 0 Å². The predicted octanol–water partition coefficient (Wildman–Crippen LogP) is 3.32. The molecule has 2 N–H and O–H groups in total. The first-order valence-electron chi connectivity index (χ1n) is 7.69. The van der Waals surface area contributed by atoms with Gasteiger partial charge in [0.25, 0.3) is 5.91 Å². The molecule has 116 valence electrons. The molecule has 0 spiro atoms. The molecule has 0 fully saturated rings. The molecule has 1 aliphatic heterocycles. The largest absolute Gasteiger partial charge is 0.325 e. The number of carbonyl (C=O) groups excluding carboxylic acids is 1. The third kappa shape index (κ3) is 2.78. The van der Waals surface area contributed by atoms with Crippen LogP contribution in [0.2, 0.25) is 0 Å². The number of nitrogens with zero attached hydrogens (tertiary/aromatic N) is 2. The Morgan fingerprint density at radius 1 is 1.45 bits per heavy atom. The van der Waals surface area contributed by atoms with Crippen molar-refractivity contribution in [2.24, 2.45) is 5.73 Å². The monoisotopic (exact) mass is 315 g/mol. The van der Waals surface area contributed by atoms with E-state index >= 15 is 0 Å². The van der Waals surface area contributed by atoms with Crippen LogP contribution >= 0.6 is 11.3 Å². The third-order valence-electron chi connectivity index (χ3n) is 4.08. The lowest BCUT2D eigenvalue weighted by Crippen LogP contribution is -2.35. The van der Waals surface area contributed by atoms with Crippen molar-refractivity contribution in [2.75, 3.05) is 11.4 Å². The van der Waals surface area contributed by atoms with E-state index in [0.29, 0.717) is 18.2 Å². The fourth-order valence-electron chi connectivity index (χ4n) is 2.83. The first kappa shape index (κ1) is 15.2. The van der Waals surface area contributed by atoms with Gasteiger partial charge in [-0.25, -0.2) is 4.98 Å². The topological polar surface area (TPSA) is 59.2 Å². The first-order chi connectivity index (χ1) is 10.6. The van der Waals surface area contributed by atoms with Gasteiger partial charge in [0.1, 0.15) is 10.7 Å². The van der Waals surface area contributed by atoms with E-state index in [0.717, 1.165) is 30.1 Å². The molecule has 3 rings (SSSR count). The van der Waals surface area contributed by atoms with E-state index in [1.54, 1.807) is 5.38 Å². The van der Waals surface area contributed by atoms with Crippen LogP contribution in [0, 0.1) is 0 Å². The fraction of sp³-hybridized carbons (Fsp3) is 0.412. The molecular weight excluding hydrogens is 294 g/mol. The minimum Gasteiger partial charge on any atom is -0.325 e. The van der Waals surface area contributed by atoms with Crippen LogP contribution in [0.15, 0.2) is 23.6 Å². The van der Waals surface area contributed by atoms with Gasteiger partial charge in [0.2, 0.25) is 0 Å². The maximum atomic E-state index is 12.7. The number of rotatable bonds is 3. The van der Waals surface area contributed by atoms with Crippen LogP contribution in [-0.2, 0) is 13.0 Å². The van der Waals surface area contributed by atoms with E-state index in [-0.39, 0.29) is 5.91 Å². The van der Waals surface area contributed by atoms with Gasteiger partial charge in [0.05, 0.1) is 0 Å². The van der Waals surface area contributed by atoms with Gasteiger partial charge in [-0.1, -0.05) is 26.0 Å². The van der Waals surface area contributed by atoms with E-state index in [4.69, 9.17) is 5.73 Å². The lowest BCUT2D eigenvalue weighted by molar-refractivity contribution is 0.0981. The lowest BCUT2D eigenvalue weighted by atomic mass is 9.94. The number of nitrogens with two attached hydrogens (primary N) is 1. The van der Waals surface area contributed by atoms with Gasteiger partial charge in [0, 0.05) is 24.2 Å². The summed E-state index contributed by atoms with van der Waals surface area (Å²) >= 11 is 1.45. The fourth-order valence-corrected chi connectivity index (χ4v) is 3.48. The second-order valence-corrected chi connectivity index (χ2v) is 6.88. The number of hydrogen-bond acceptors (Lipinski definition) is 4. The molecule has 1 aromatic heterocycles. The Morgan fingerprint density at radius 3 is 2.95 bits per heavy atom. The second kappa shape index (κ2) is 6.18. The van der Waals surface area contributed by atoms with Crippen molar-refractivity contribution in [2.45, 2.75) is 39.2 Å². The Balaban J connectivity index is 1.92. The second-order valence-electron chi connectivity index (χ2n) is 5.93. The number of aromatic nitrogens is 1. The SMILES string of the molecule is CC(C)c1ccc2c(c1)CCCN2C(=O)c1csc(CN)n1. The molecule has 0 bridgehead atoms. The molecule has 2 aromatic rings. The van der Waals surface area contributed by atoms with Crippen LogP contribution < -0.4 is 10.6 Å². The van der Waals surface area contributed by atoms with Crippen molar-refractivity contribution in [1.82, 2.24) is 4.98 Å². The van der Waals surface area contributed by atoms with Gasteiger partial charge in [-0.3, -0.25) is 4.79 Å². The summed E-state index contributed by atoms with van der Waals surface area (Å²) in [7, 11) is 0. The zero-order chi connectivity index (χ0) is 15.7. The van der Waals surface area contributed by atoms with Gasteiger partial charge in [0.15, 0.2) is 0 Å². The number of aryl methyl sites for hydroxylation is 1. The molecule has 0 aliphatic carbocycles. The molecular formula is C17H21N3OS. The zero-order valence-corrected chi connectivity index (χ0v) is 13.8. The van der Waals surface area contributed by atoms with Crippen LogP contribution in [0.1, 0.15) is 52.8 Å². The molecule has 0 radical (unpaired) electrons. The predicted molar refractivity (Wildman–Crippen MR) is 90.5 cm³/mol. The number of thiazole rings is 1. The van der Waals surface area contributed by atoms with Gasteiger partial charge < -0.3 is 10.6 Å². The van der Waals surface area contributed by atoms with Crippen LogP contribution in [0.5, 0.6) is 0 Å². The Hall–Kier alpha value is -1.72. The maximum Gasteiger partial charge on any atom is 0.277 e. The zero-order valence-electron chi connectivity index (χ0n) is 13.0. The quantitative estimate of drug-likeness (QED) is 0.945. The van der Waals surface area contributed by atoms with Crippen molar-refractivity contribution in [3.63, 3.8) is 0 Å². The molecule has 4 nitrogen and oxygen atoms in total. The van der Waals surface area contributed by atoms with Crippen molar-refractivity contribution < 1.29 is 4.79 Å². The minimum absolute atomic E-state index is 0.0193. The summed E-state index contributed by atoms with van der Waals surface area (Å²) in [6.07, 6.45) is 2.03. The van der Waals surface area contributed by atoms with E-state index < -0.39 is 0 Å². The Labute approximate surface area is 135 Å². The number of carbonyl (C=O) groups is 1. The highest BCUT2D eigenvalue weighted by atomic mass is 32.1. The Bertz CT molecular complexity index is 693. The van der Waals surface area contributed by atoms with Crippen molar-refractivity contribution >= 4 is 22.9 Å². The molecule has 0 saturated carbocycles. The minimum atomic E-state index is -0.0193. The normalized spacial score (nSPS) is 14.3. The molecule has 1 aliphatic rings. The Kier molecular flexibility index (Phi) is 4.27. The molecule has 2 heterocycles. The molecule has 0 atom stereocenters. The lowest BCUT2D eigenvalue weighted by Gasteiger charge is -2.29. The van der Waals surface area contributed by atoms with E-state index in [9.17, 15) is 4.79 Å². The van der Waals surface area contributed by atoms with Crippen LogP contribution in [0.3, 0.4) is 0 Å². The van der Waals surface area contributed by atoms with Crippen molar-refractivity contribution in [3.8, 4) is 0 Å². The smallest absolute Gasteiger partial charge is 0.277 e. The number of fused-ring (bicyclic) bond motifs is 1. The van der Waals surface area contributed by atoms with Crippen LogP contribution in [0.25, 0.3) is 0 Å². The van der Waals surface area contributed by atoms with Gasteiger partial charge in [-0.05, 0) is 36.0 Å². The summed E-state index contributed by atoms with van der Waals surface area (Å²) in [6.45, 7) is 5.52. The maximum absolute atomic E-state index is 12.7. The summed E-state index contributed by atoms with van der Waals surface area (Å²) in [4.78, 5) is 18.9. The van der Waals surface area contributed by atoms with E-state index in [2.05, 4.69) is 37.0 Å². The highest BCUT2D eigenvalue weighted by molar-refractivity contribution is 7.09. The first-order valence-corrected chi connectivity index (χ1v) is 8.57. The molecule has 1 amide bonds. The van der Waals surface area contributed by atoms with Crippen LogP contribution in [-0.4, -0.2) is 17.4 Å². The third-order valence-corrected chi connectivity index (χ3v) is 4.95. The standard InChI is InChI=1S/C17H21N3OS/c1-11(2)12-5-6-15-13(8-12)4-3-7-20(15)17(21)14-10-22-16(9-18)19-14/h5-6,8,10-11H,3-4,7,9,18H2,1-2H3. The molecule has 1 aromatic carbocycles. The average Bonchev–Trinajstić information content (AvgIpc) is 3.02. The molecule has 22 heavy (non-hydrogen) atoms. The van der Waals surface area contributed by atoms with E-state index in [1.165, 1.54) is 22.5 Å². The number of benzene rings is 1. The highest BCUT2D eigenvalue weighted by Crippen LogP contribution is 2.31. The molecule has 0 saturated heterocycles. The number of anilines is 1. The Morgan fingerprint density at radius 2 is 2.27 bits per heavy atom. The number of amides is 1.